The number of carbonyl (C=O) groups is 1. The third-order valence-corrected chi connectivity index (χ3v) is 2.38. The van der Waals surface area contributed by atoms with Gasteiger partial charge >= 0.3 is 0 Å². The van der Waals surface area contributed by atoms with E-state index in [-0.39, 0.29) is 5.91 Å². The average molecular weight is 243 g/mol. The van der Waals surface area contributed by atoms with E-state index in [1.807, 2.05) is 0 Å². The normalized spacial score (nSPS) is 9.83. The molecule has 0 fully saturated rings. The van der Waals surface area contributed by atoms with Gasteiger partial charge in [0, 0.05) is 5.56 Å². The third-order valence-electron chi connectivity index (χ3n) is 2.38. The molecular formula is C13H13N3O2. The van der Waals surface area contributed by atoms with Gasteiger partial charge in [0.05, 0.1) is 19.0 Å². The molecule has 0 unspecified atom stereocenters. The molecule has 0 radical (unpaired) electrons. The average Bonchev–Trinajstić information content (AvgIpc) is 2.41. The van der Waals surface area contributed by atoms with Crippen LogP contribution in [0.15, 0.2) is 42.6 Å². The van der Waals surface area contributed by atoms with E-state index in [2.05, 4.69) is 10.3 Å². The van der Waals surface area contributed by atoms with Gasteiger partial charge in [0.1, 0.15) is 11.6 Å². The summed E-state index contributed by atoms with van der Waals surface area (Å²) < 4.78 is 5.06. The molecular weight excluding hydrogens is 230 g/mol. The number of hydrogen-bond acceptors (Lipinski definition) is 4. The lowest BCUT2D eigenvalue weighted by molar-refractivity contribution is 0.102. The highest BCUT2D eigenvalue weighted by atomic mass is 16.5. The van der Waals surface area contributed by atoms with Crippen LogP contribution >= 0.6 is 0 Å². The molecule has 3 N–H and O–H groups in total. The lowest BCUT2D eigenvalue weighted by atomic mass is 10.2. The molecule has 0 saturated carbocycles. The summed E-state index contributed by atoms with van der Waals surface area (Å²) in [4.78, 5) is 15.8. The van der Waals surface area contributed by atoms with Crippen LogP contribution in [0.5, 0.6) is 5.75 Å². The van der Waals surface area contributed by atoms with Gasteiger partial charge < -0.3 is 15.8 Å². The highest BCUT2D eigenvalue weighted by Crippen LogP contribution is 2.14. The molecule has 2 aromatic rings. The molecule has 0 aliphatic carbocycles. The molecule has 0 saturated heterocycles. The monoisotopic (exact) mass is 243 g/mol. The fraction of sp³-hybridized carbons (Fsp3) is 0.0769. The fourth-order valence-electron chi connectivity index (χ4n) is 1.45. The first-order chi connectivity index (χ1) is 8.69. The van der Waals surface area contributed by atoms with E-state index in [0.29, 0.717) is 22.8 Å². The number of rotatable bonds is 3. The Morgan fingerprint density at radius 3 is 2.83 bits per heavy atom. The number of aromatic nitrogens is 1. The number of carbonyl (C=O) groups excluding carboxylic acids is 1. The zero-order valence-electron chi connectivity index (χ0n) is 9.88. The second-order valence-corrected chi connectivity index (χ2v) is 3.66. The zero-order chi connectivity index (χ0) is 13.0. The summed E-state index contributed by atoms with van der Waals surface area (Å²) in [5, 5.41) is 2.72. The van der Waals surface area contributed by atoms with E-state index in [0.717, 1.165) is 0 Å². The van der Waals surface area contributed by atoms with Crippen LogP contribution in [0.2, 0.25) is 0 Å². The van der Waals surface area contributed by atoms with E-state index in [1.54, 1.807) is 43.5 Å². The van der Waals surface area contributed by atoms with Crippen LogP contribution in [0.3, 0.4) is 0 Å². The minimum atomic E-state index is -0.222. The number of ether oxygens (including phenoxy) is 1. The molecule has 18 heavy (non-hydrogen) atoms. The van der Waals surface area contributed by atoms with Crippen molar-refractivity contribution in [2.75, 3.05) is 18.2 Å². The molecule has 0 aliphatic rings. The summed E-state index contributed by atoms with van der Waals surface area (Å²) in [5.74, 6) is 0.827. The minimum Gasteiger partial charge on any atom is -0.497 e. The van der Waals surface area contributed by atoms with Gasteiger partial charge in [0.2, 0.25) is 0 Å². The van der Waals surface area contributed by atoms with Crippen LogP contribution in [0.4, 0.5) is 11.5 Å². The highest BCUT2D eigenvalue weighted by molar-refractivity contribution is 6.04. The van der Waals surface area contributed by atoms with Crippen molar-refractivity contribution < 1.29 is 9.53 Å². The SMILES string of the molecule is COc1cccc(C(=O)Nc2ccc(N)nc2)c1. The van der Waals surface area contributed by atoms with Gasteiger partial charge in [-0.25, -0.2) is 4.98 Å². The van der Waals surface area contributed by atoms with Crippen LogP contribution in [0, 0.1) is 0 Å². The van der Waals surface area contributed by atoms with Crippen molar-refractivity contribution in [3.8, 4) is 5.75 Å². The molecule has 0 atom stereocenters. The largest absolute Gasteiger partial charge is 0.497 e. The van der Waals surface area contributed by atoms with Crippen LogP contribution in [-0.2, 0) is 0 Å². The quantitative estimate of drug-likeness (QED) is 0.863. The number of nitrogens with one attached hydrogen (secondary N) is 1. The van der Waals surface area contributed by atoms with Crippen LogP contribution < -0.4 is 15.8 Å². The van der Waals surface area contributed by atoms with E-state index in [9.17, 15) is 4.79 Å². The van der Waals surface area contributed by atoms with E-state index < -0.39 is 0 Å². The third kappa shape index (κ3) is 2.76. The Hall–Kier alpha value is -2.56. The number of nitrogens with two attached hydrogens (primary N) is 1. The molecule has 92 valence electrons. The number of pyridine rings is 1. The molecule has 1 heterocycles. The summed E-state index contributed by atoms with van der Waals surface area (Å²) in [7, 11) is 1.56. The Balaban J connectivity index is 2.14. The summed E-state index contributed by atoms with van der Waals surface area (Å²) in [6.07, 6.45) is 1.51. The molecule has 0 bridgehead atoms. The van der Waals surface area contributed by atoms with E-state index >= 15 is 0 Å². The number of hydrogen-bond donors (Lipinski definition) is 2. The maximum atomic E-state index is 11.9. The van der Waals surface area contributed by atoms with Crippen molar-refractivity contribution in [1.82, 2.24) is 4.98 Å². The Bertz CT molecular complexity index is 552. The Labute approximate surface area is 105 Å². The second kappa shape index (κ2) is 5.18. The Morgan fingerprint density at radius 2 is 2.17 bits per heavy atom. The van der Waals surface area contributed by atoms with Crippen molar-refractivity contribution in [3.05, 3.63) is 48.2 Å². The first-order valence-electron chi connectivity index (χ1n) is 5.36. The van der Waals surface area contributed by atoms with Gasteiger partial charge in [-0.05, 0) is 30.3 Å². The molecule has 2 rings (SSSR count). The smallest absolute Gasteiger partial charge is 0.255 e. The predicted molar refractivity (Wildman–Crippen MR) is 69.6 cm³/mol. The number of amides is 1. The maximum absolute atomic E-state index is 11.9. The zero-order valence-corrected chi connectivity index (χ0v) is 9.88. The van der Waals surface area contributed by atoms with Crippen molar-refractivity contribution in [2.24, 2.45) is 0 Å². The van der Waals surface area contributed by atoms with Gasteiger partial charge in [0.25, 0.3) is 5.91 Å². The second-order valence-electron chi connectivity index (χ2n) is 3.66. The van der Waals surface area contributed by atoms with Gasteiger partial charge in [-0.1, -0.05) is 6.07 Å². The first-order valence-corrected chi connectivity index (χ1v) is 5.36. The van der Waals surface area contributed by atoms with Crippen LogP contribution in [0.25, 0.3) is 0 Å². The highest BCUT2D eigenvalue weighted by Gasteiger charge is 2.07. The lowest BCUT2D eigenvalue weighted by Crippen LogP contribution is -2.12. The number of nitrogen functional groups attached to an aromatic ring is 1. The molecule has 5 heteroatoms. The Morgan fingerprint density at radius 1 is 1.33 bits per heavy atom. The van der Waals surface area contributed by atoms with Crippen LogP contribution in [0.1, 0.15) is 10.4 Å². The fourth-order valence-corrected chi connectivity index (χ4v) is 1.45. The van der Waals surface area contributed by atoms with Gasteiger partial charge in [0.15, 0.2) is 0 Å². The summed E-state index contributed by atoms with van der Waals surface area (Å²) in [6.45, 7) is 0. The first kappa shape index (κ1) is 11.9. The number of methoxy groups -OCH3 is 1. The lowest BCUT2D eigenvalue weighted by Gasteiger charge is -2.06. The molecule has 1 aromatic heterocycles. The van der Waals surface area contributed by atoms with Crippen molar-refractivity contribution in [3.63, 3.8) is 0 Å². The summed E-state index contributed by atoms with van der Waals surface area (Å²) in [5.41, 5.74) is 6.58. The topological polar surface area (TPSA) is 77.2 Å². The number of benzene rings is 1. The van der Waals surface area contributed by atoms with Crippen molar-refractivity contribution in [2.45, 2.75) is 0 Å². The van der Waals surface area contributed by atoms with Gasteiger partial charge in [-0.15, -0.1) is 0 Å². The van der Waals surface area contributed by atoms with E-state index in [4.69, 9.17) is 10.5 Å². The maximum Gasteiger partial charge on any atom is 0.255 e. The molecule has 5 nitrogen and oxygen atoms in total. The number of nitrogens with zero attached hydrogens (tertiary/aromatic N) is 1. The van der Waals surface area contributed by atoms with Gasteiger partial charge in [-0.3, -0.25) is 4.79 Å². The number of anilines is 2. The van der Waals surface area contributed by atoms with Crippen molar-refractivity contribution >= 4 is 17.4 Å². The van der Waals surface area contributed by atoms with Crippen molar-refractivity contribution in [1.29, 1.82) is 0 Å². The molecule has 1 amide bonds. The summed E-state index contributed by atoms with van der Waals surface area (Å²) in [6, 6.07) is 10.2. The minimum absolute atomic E-state index is 0.222. The Kier molecular flexibility index (Phi) is 3.43. The van der Waals surface area contributed by atoms with E-state index in [1.165, 1.54) is 6.20 Å². The summed E-state index contributed by atoms with van der Waals surface area (Å²) >= 11 is 0. The molecule has 0 spiro atoms. The van der Waals surface area contributed by atoms with Crippen LogP contribution in [-0.4, -0.2) is 18.0 Å². The molecule has 1 aromatic carbocycles. The molecule has 0 aliphatic heterocycles. The predicted octanol–water partition coefficient (Wildman–Crippen LogP) is 1.92. The standard InChI is InChI=1S/C13H13N3O2/c1-18-11-4-2-3-9(7-11)13(17)16-10-5-6-12(14)15-8-10/h2-8H,1H3,(H2,14,15)(H,16,17). The van der Waals surface area contributed by atoms with Gasteiger partial charge in [-0.2, -0.15) is 0 Å².